The summed E-state index contributed by atoms with van der Waals surface area (Å²) in [6.45, 7) is 8.65. The van der Waals surface area contributed by atoms with Gasteiger partial charge in [0.1, 0.15) is 12.4 Å². The predicted octanol–water partition coefficient (Wildman–Crippen LogP) is 2.53. The third-order valence-electron chi connectivity index (χ3n) is 9.05. The molecule has 2 saturated heterocycles. The molecule has 214 valence electrons. The molecular weight excluding hydrogens is 524 g/mol. The molecule has 1 aliphatic carbocycles. The van der Waals surface area contributed by atoms with Crippen molar-refractivity contribution in [1.29, 1.82) is 0 Å². The number of nitrogens with zero attached hydrogens (tertiary/aromatic N) is 6. The highest BCUT2D eigenvalue weighted by Gasteiger charge is 2.38. The topological polar surface area (TPSA) is 82.1 Å². The minimum Gasteiger partial charge on any atom is -0.462 e. The molecule has 0 N–H and O–H groups in total. The summed E-state index contributed by atoms with van der Waals surface area (Å²) >= 11 is 0. The highest BCUT2D eigenvalue weighted by Crippen LogP contribution is 2.42. The van der Waals surface area contributed by atoms with Crippen LogP contribution in [0, 0.1) is 0 Å². The molecule has 0 radical (unpaired) electrons. The molecule has 4 atom stereocenters. The summed E-state index contributed by atoms with van der Waals surface area (Å²) in [5.74, 6) is 1.20. The molecule has 10 heteroatoms. The van der Waals surface area contributed by atoms with Gasteiger partial charge in [0, 0.05) is 73.2 Å². The van der Waals surface area contributed by atoms with Crippen LogP contribution in [0.15, 0.2) is 36.9 Å². The maximum Gasteiger partial charge on any atom is 0.318 e. The number of fused-ring (bicyclic) bond motifs is 2. The number of amides is 1. The summed E-state index contributed by atoms with van der Waals surface area (Å²) in [6.07, 6.45) is 7.57. The van der Waals surface area contributed by atoms with Crippen LogP contribution in [0.25, 0.3) is 0 Å². The van der Waals surface area contributed by atoms with Crippen LogP contribution in [0.5, 0.6) is 6.01 Å². The van der Waals surface area contributed by atoms with Gasteiger partial charge >= 0.3 is 6.01 Å². The summed E-state index contributed by atoms with van der Waals surface area (Å²) in [6, 6.07) is 9.79. The van der Waals surface area contributed by atoms with Crippen molar-refractivity contribution >= 4 is 22.5 Å². The van der Waals surface area contributed by atoms with Crippen molar-refractivity contribution < 1.29 is 13.7 Å². The van der Waals surface area contributed by atoms with E-state index in [2.05, 4.69) is 52.6 Å². The molecule has 9 nitrogen and oxygen atoms in total. The zero-order chi connectivity index (χ0) is 27.8. The summed E-state index contributed by atoms with van der Waals surface area (Å²) in [7, 11) is 1.11. The molecule has 2 unspecified atom stereocenters. The number of likely N-dealkylation sites (tertiary alicyclic amines) is 1. The lowest BCUT2D eigenvalue weighted by atomic mass is 10.1. The SMILES string of the molecule is C=CC(=O)N1CCN(c2nc(OC[C@@H]3CCCN3C)nc3c2CN(C2CCc4ccccc42)C3)C[C@@H]1CS(C)=O. The molecule has 40 heavy (non-hydrogen) atoms. The lowest BCUT2D eigenvalue weighted by Gasteiger charge is -2.41. The van der Waals surface area contributed by atoms with Gasteiger partial charge in [-0.25, -0.2) is 0 Å². The van der Waals surface area contributed by atoms with Gasteiger partial charge in [0.05, 0.1) is 11.7 Å². The summed E-state index contributed by atoms with van der Waals surface area (Å²) in [5.41, 5.74) is 5.05. The van der Waals surface area contributed by atoms with Gasteiger partial charge in [0.15, 0.2) is 0 Å². The van der Waals surface area contributed by atoms with Crippen molar-refractivity contribution in [2.24, 2.45) is 0 Å². The number of carbonyl (C=O) groups excluding carboxylic acids is 1. The fourth-order valence-corrected chi connectivity index (χ4v) is 7.76. The van der Waals surface area contributed by atoms with E-state index in [1.807, 2.05) is 0 Å². The molecule has 2 aromatic rings. The van der Waals surface area contributed by atoms with Gasteiger partial charge in [-0.2, -0.15) is 9.97 Å². The number of anilines is 1. The van der Waals surface area contributed by atoms with Crippen LogP contribution in [-0.4, -0.2) is 98.7 Å². The molecule has 1 amide bonds. The molecule has 0 saturated carbocycles. The van der Waals surface area contributed by atoms with Crippen molar-refractivity contribution in [1.82, 2.24) is 24.7 Å². The Bertz CT molecular complexity index is 1300. The van der Waals surface area contributed by atoms with Gasteiger partial charge in [-0.3, -0.25) is 13.9 Å². The van der Waals surface area contributed by atoms with Gasteiger partial charge < -0.3 is 19.4 Å². The molecule has 1 aromatic carbocycles. The van der Waals surface area contributed by atoms with Crippen molar-refractivity contribution in [3.05, 3.63) is 59.3 Å². The van der Waals surface area contributed by atoms with Gasteiger partial charge in [-0.05, 0) is 56.5 Å². The molecule has 1 aromatic heterocycles. The Morgan fingerprint density at radius 2 is 2.00 bits per heavy atom. The molecule has 2 fully saturated rings. The van der Waals surface area contributed by atoms with Crippen LogP contribution >= 0.6 is 0 Å². The van der Waals surface area contributed by atoms with Crippen LogP contribution in [0.4, 0.5) is 5.82 Å². The van der Waals surface area contributed by atoms with Crippen molar-refractivity contribution in [3.8, 4) is 6.01 Å². The Morgan fingerprint density at radius 3 is 2.77 bits per heavy atom. The number of piperazine rings is 1. The predicted molar refractivity (Wildman–Crippen MR) is 157 cm³/mol. The number of aryl methyl sites for hydroxylation is 1. The molecule has 3 aliphatic heterocycles. The first-order valence-electron chi connectivity index (χ1n) is 14.4. The summed E-state index contributed by atoms with van der Waals surface area (Å²) in [4.78, 5) is 31.5. The largest absolute Gasteiger partial charge is 0.462 e. The Kier molecular flexibility index (Phi) is 7.92. The maximum absolute atomic E-state index is 12.6. The number of hydrogen-bond acceptors (Lipinski definition) is 8. The third-order valence-corrected chi connectivity index (χ3v) is 9.90. The number of likely N-dealkylation sites (N-methyl/N-ethyl adjacent to an activating group) is 1. The number of ether oxygens (including phenoxy) is 1. The number of aromatic nitrogens is 2. The van der Waals surface area contributed by atoms with E-state index in [1.165, 1.54) is 23.6 Å². The zero-order valence-electron chi connectivity index (χ0n) is 23.6. The van der Waals surface area contributed by atoms with E-state index in [4.69, 9.17) is 14.7 Å². The second-order valence-corrected chi connectivity index (χ2v) is 13.1. The Balaban J connectivity index is 1.29. The average Bonchev–Trinajstić information content (AvgIpc) is 3.68. The fraction of sp³-hybridized carbons (Fsp3) is 0.567. The van der Waals surface area contributed by atoms with Gasteiger partial charge in [-0.1, -0.05) is 30.8 Å². The summed E-state index contributed by atoms with van der Waals surface area (Å²) in [5, 5.41) is 0. The fourth-order valence-electron chi connectivity index (χ4n) is 6.93. The number of carbonyl (C=O) groups is 1. The van der Waals surface area contributed by atoms with E-state index in [9.17, 15) is 9.00 Å². The first kappa shape index (κ1) is 27.4. The normalized spacial score (nSPS) is 25.6. The standard InChI is InChI=1S/C30H40N6O3S/c1-4-28(37)36-15-14-34(16-23(36)20-40(3)38)29-25-17-35(27-12-11-21-8-5-6-10-24(21)27)18-26(25)31-30(32-29)39-19-22-9-7-13-33(22)2/h4-6,8,10,22-23,27H,1,7,9,11-20H2,2-3H3/t22-,23+,27?,40?/m0/s1. The minimum absolute atomic E-state index is 0.112. The highest BCUT2D eigenvalue weighted by molar-refractivity contribution is 7.84. The Hall–Kier alpha value is -2.82. The molecule has 4 heterocycles. The molecule has 0 spiro atoms. The van der Waals surface area contributed by atoms with E-state index < -0.39 is 10.8 Å². The van der Waals surface area contributed by atoms with E-state index >= 15 is 0 Å². The van der Waals surface area contributed by atoms with E-state index in [1.54, 1.807) is 11.2 Å². The number of rotatable bonds is 8. The number of hydrogen-bond donors (Lipinski definition) is 0. The first-order chi connectivity index (χ1) is 19.4. The van der Waals surface area contributed by atoms with Crippen LogP contribution in [0.3, 0.4) is 0 Å². The maximum atomic E-state index is 12.6. The number of benzene rings is 1. The highest BCUT2D eigenvalue weighted by atomic mass is 32.2. The Morgan fingerprint density at radius 1 is 1.15 bits per heavy atom. The second kappa shape index (κ2) is 11.6. The van der Waals surface area contributed by atoms with E-state index in [0.717, 1.165) is 56.0 Å². The lowest BCUT2D eigenvalue weighted by molar-refractivity contribution is -0.128. The molecule has 6 rings (SSSR count). The smallest absolute Gasteiger partial charge is 0.318 e. The first-order valence-corrected chi connectivity index (χ1v) is 16.2. The van der Waals surface area contributed by atoms with Crippen molar-refractivity contribution in [2.45, 2.75) is 56.9 Å². The second-order valence-electron chi connectivity index (χ2n) is 11.6. The van der Waals surface area contributed by atoms with Gasteiger partial charge in [0.25, 0.3) is 0 Å². The molecule has 0 bridgehead atoms. The average molecular weight is 565 g/mol. The van der Waals surface area contributed by atoms with E-state index in [0.29, 0.717) is 50.1 Å². The van der Waals surface area contributed by atoms with Crippen LogP contribution in [-0.2, 0) is 35.1 Å². The third kappa shape index (κ3) is 5.41. The molecular formula is C30H40N6O3S. The molecule has 4 aliphatic rings. The quantitative estimate of drug-likeness (QED) is 0.453. The van der Waals surface area contributed by atoms with Crippen LogP contribution < -0.4 is 9.64 Å². The van der Waals surface area contributed by atoms with Crippen molar-refractivity contribution in [3.63, 3.8) is 0 Å². The minimum atomic E-state index is -1.04. The Labute approximate surface area is 239 Å². The van der Waals surface area contributed by atoms with E-state index in [-0.39, 0.29) is 11.9 Å². The van der Waals surface area contributed by atoms with Crippen molar-refractivity contribution in [2.75, 3.05) is 56.7 Å². The van der Waals surface area contributed by atoms with Gasteiger partial charge in [0.2, 0.25) is 5.91 Å². The van der Waals surface area contributed by atoms with Crippen LogP contribution in [0.1, 0.15) is 47.7 Å². The van der Waals surface area contributed by atoms with Gasteiger partial charge in [-0.15, -0.1) is 0 Å². The summed E-state index contributed by atoms with van der Waals surface area (Å²) < 4.78 is 18.5. The monoisotopic (exact) mass is 564 g/mol. The lowest BCUT2D eigenvalue weighted by Crippen LogP contribution is -2.57. The zero-order valence-corrected chi connectivity index (χ0v) is 24.4. The van der Waals surface area contributed by atoms with Crippen LogP contribution in [0.2, 0.25) is 0 Å².